The summed E-state index contributed by atoms with van der Waals surface area (Å²) in [6.07, 6.45) is -0.954. The second-order valence-corrected chi connectivity index (χ2v) is 3.09. The minimum atomic E-state index is -0.954. The number of carbonyl (C=O) groups excluding carboxylic acids is 1. The van der Waals surface area contributed by atoms with E-state index >= 15 is 0 Å². The fraction of sp³-hybridized carbons (Fsp3) is 0. The average Bonchev–Trinajstić information content (AvgIpc) is 2.22. The van der Waals surface area contributed by atoms with Gasteiger partial charge in [-0.2, -0.15) is 4.79 Å². The van der Waals surface area contributed by atoms with Gasteiger partial charge in [0.15, 0.2) is 0 Å². The highest BCUT2D eigenvalue weighted by Crippen LogP contribution is 2.21. The number of guanidine groups is 1. The minimum Gasteiger partial charge on any atom is -0.364 e. The molecule has 0 aromatic heterocycles. The smallest absolute Gasteiger partial charge is 0.364 e. The van der Waals surface area contributed by atoms with Gasteiger partial charge in [0.2, 0.25) is 0 Å². The number of hydrogen-bond acceptors (Lipinski definition) is 6. The van der Waals surface area contributed by atoms with Crippen molar-refractivity contribution in [1.82, 2.24) is 0 Å². The van der Waals surface area contributed by atoms with E-state index in [1.54, 1.807) is 24.3 Å². The first-order valence-electron chi connectivity index (χ1n) is 3.95. The summed E-state index contributed by atoms with van der Waals surface area (Å²) in [5.41, 5.74) is 5.94. The van der Waals surface area contributed by atoms with E-state index in [9.17, 15) is 4.79 Å². The summed E-state index contributed by atoms with van der Waals surface area (Å²) >= 11 is 5.77. The third-order valence-electron chi connectivity index (χ3n) is 1.63. The van der Waals surface area contributed by atoms with E-state index < -0.39 is 6.16 Å². The van der Waals surface area contributed by atoms with Crippen LogP contribution in [0.4, 0.5) is 10.5 Å². The predicted molar refractivity (Wildman–Crippen MR) is 53.1 cm³/mol. The Labute approximate surface area is 89.8 Å². The molecule has 1 aromatic carbocycles. The molecule has 0 bridgehead atoms. The Bertz CT molecular complexity index is 435. The number of halogens is 1. The van der Waals surface area contributed by atoms with Gasteiger partial charge in [0.05, 0.1) is 5.69 Å². The van der Waals surface area contributed by atoms with Crippen LogP contribution >= 0.6 is 11.6 Å². The van der Waals surface area contributed by atoms with Gasteiger partial charge in [0.25, 0.3) is 5.96 Å². The Hall–Kier alpha value is -1.95. The Balaban J connectivity index is 2.34. The summed E-state index contributed by atoms with van der Waals surface area (Å²) in [6.45, 7) is 0. The molecule has 1 aromatic rings. The number of nitrogens with zero attached hydrogens (tertiary/aromatic N) is 2. The molecule has 0 saturated heterocycles. The summed E-state index contributed by atoms with van der Waals surface area (Å²) in [4.78, 5) is 19.7. The second kappa shape index (κ2) is 3.66. The number of hydrogen-bond donors (Lipinski definition) is 1. The Kier molecular flexibility index (Phi) is 2.34. The number of benzene rings is 1. The molecule has 6 nitrogen and oxygen atoms in total. The van der Waals surface area contributed by atoms with Crippen molar-refractivity contribution in [3.8, 4) is 0 Å². The van der Waals surface area contributed by atoms with Crippen LogP contribution in [0.2, 0.25) is 5.02 Å². The molecule has 0 radical (unpaired) electrons. The molecule has 78 valence electrons. The normalized spacial score (nSPS) is 15.4. The van der Waals surface area contributed by atoms with Gasteiger partial charge >= 0.3 is 6.16 Å². The van der Waals surface area contributed by atoms with Crippen LogP contribution in [0.25, 0.3) is 0 Å². The van der Waals surface area contributed by atoms with Crippen LogP contribution < -0.4 is 10.8 Å². The zero-order valence-corrected chi connectivity index (χ0v) is 8.14. The molecule has 0 atom stereocenters. The monoisotopic (exact) mass is 227 g/mol. The predicted octanol–water partition coefficient (Wildman–Crippen LogP) is 1.46. The topological polar surface area (TPSA) is 77.2 Å². The van der Waals surface area contributed by atoms with Crippen LogP contribution in [0.1, 0.15) is 0 Å². The Morgan fingerprint density at radius 2 is 2.27 bits per heavy atom. The van der Waals surface area contributed by atoms with Crippen LogP contribution in [-0.2, 0) is 9.68 Å². The highest BCUT2D eigenvalue weighted by molar-refractivity contribution is 6.30. The molecule has 2 N–H and O–H groups in total. The molecular formula is C8H6ClN3O3. The molecule has 1 heterocycles. The van der Waals surface area contributed by atoms with Gasteiger partial charge in [-0.1, -0.05) is 17.7 Å². The number of carbonyl (C=O) groups is 1. The first-order chi connectivity index (χ1) is 7.16. The largest absolute Gasteiger partial charge is 0.561 e. The fourth-order valence-corrected chi connectivity index (χ4v) is 1.23. The molecule has 7 heteroatoms. The van der Waals surface area contributed by atoms with E-state index in [4.69, 9.17) is 22.2 Å². The summed E-state index contributed by atoms with van der Waals surface area (Å²) in [5.74, 6) is -0.0862. The molecule has 2 rings (SSSR count). The Morgan fingerprint density at radius 3 is 3.00 bits per heavy atom. The van der Waals surface area contributed by atoms with E-state index in [1.807, 2.05) is 0 Å². The van der Waals surface area contributed by atoms with Gasteiger partial charge < -0.3 is 5.73 Å². The van der Waals surface area contributed by atoms with Crippen LogP contribution in [0.15, 0.2) is 29.4 Å². The molecule has 0 spiro atoms. The van der Waals surface area contributed by atoms with Crippen molar-refractivity contribution >= 4 is 29.4 Å². The van der Waals surface area contributed by atoms with Gasteiger partial charge in [0, 0.05) is 5.02 Å². The third kappa shape index (κ3) is 1.94. The van der Waals surface area contributed by atoms with Crippen molar-refractivity contribution in [3.63, 3.8) is 0 Å². The summed E-state index contributed by atoms with van der Waals surface area (Å²) in [5, 5.41) is 4.82. The van der Waals surface area contributed by atoms with Crippen LogP contribution in [-0.4, -0.2) is 12.1 Å². The van der Waals surface area contributed by atoms with Crippen molar-refractivity contribution in [2.24, 2.45) is 10.9 Å². The lowest BCUT2D eigenvalue weighted by Crippen LogP contribution is -2.42. The van der Waals surface area contributed by atoms with E-state index in [1.165, 1.54) is 0 Å². The number of rotatable bonds is 1. The second-order valence-electron chi connectivity index (χ2n) is 2.66. The average molecular weight is 228 g/mol. The van der Waals surface area contributed by atoms with Gasteiger partial charge in [-0.15, -0.1) is 5.06 Å². The molecule has 0 aliphatic carbocycles. The summed E-state index contributed by atoms with van der Waals surface area (Å²) in [6, 6.07) is 6.60. The van der Waals surface area contributed by atoms with E-state index in [2.05, 4.69) is 9.99 Å². The van der Waals surface area contributed by atoms with Crippen molar-refractivity contribution in [3.05, 3.63) is 29.3 Å². The molecule has 0 unspecified atom stereocenters. The zero-order chi connectivity index (χ0) is 10.8. The molecule has 1 aliphatic rings. The van der Waals surface area contributed by atoms with E-state index in [0.717, 1.165) is 5.06 Å². The molecular weight excluding hydrogens is 222 g/mol. The maximum atomic E-state index is 10.8. The lowest BCUT2D eigenvalue weighted by molar-refractivity contribution is 0.0450. The van der Waals surface area contributed by atoms with E-state index in [0.29, 0.717) is 10.7 Å². The molecule has 0 fully saturated rings. The number of nitrogens with two attached hydrogens (primary N) is 1. The van der Waals surface area contributed by atoms with Gasteiger partial charge in [0.1, 0.15) is 0 Å². The number of anilines is 1. The standard InChI is InChI=1S/C8H6ClN3O3/c9-5-2-1-3-6(4-5)12-7(10)11-14-8(13)15-12/h1-4H,(H2,10,11). The maximum Gasteiger partial charge on any atom is 0.561 e. The number of hydroxylamine groups is 1. The molecule has 1 aliphatic heterocycles. The first kappa shape index (κ1) is 9.60. The molecule has 15 heavy (non-hydrogen) atoms. The highest BCUT2D eigenvalue weighted by Gasteiger charge is 2.23. The summed E-state index contributed by atoms with van der Waals surface area (Å²) < 4.78 is 0. The van der Waals surface area contributed by atoms with Gasteiger partial charge in [-0.25, -0.2) is 0 Å². The lowest BCUT2D eigenvalue weighted by atomic mass is 10.3. The Morgan fingerprint density at radius 1 is 1.47 bits per heavy atom. The maximum absolute atomic E-state index is 10.8. The highest BCUT2D eigenvalue weighted by atomic mass is 35.5. The van der Waals surface area contributed by atoms with Crippen molar-refractivity contribution in [2.75, 3.05) is 5.06 Å². The minimum absolute atomic E-state index is 0.0862. The molecule has 0 amide bonds. The van der Waals surface area contributed by atoms with Gasteiger partial charge in [-0.3, -0.25) is 9.68 Å². The first-order valence-corrected chi connectivity index (χ1v) is 4.33. The summed E-state index contributed by atoms with van der Waals surface area (Å²) in [7, 11) is 0. The van der Waals surface area contributed by atoms with Crippen LogP contribution in [0, 0.1) is 0 Å². The van der Waals surface area contributed by atoms with E-state index in [-0.39, 0.29) is 5.96 Å². The van der Waals surface area contributed by atoms with Gasteiger partial charge in [-0.05, 0) is 23.4 Å². The fourth-order valence-electron chi connectivity index (χ4n) is 1.05. The molecule has 0 saturated carbocycles. The zero-order valence-electron chi connectivity index (χ0n) is 7.38. The van der Waals surface area contributed by atoms with Crippen LogP contribution in [0.5, 0.6) is 0 Å². The van der Waals surface area contributed by atoms with Crippen molar-refractivity contribution in [2.45, 2.75) is 0 Å². The quantitative estimate of drug-likeness (QED) is 0.735. The van der Waals surface area contributed by atoms with Crippen molar-refractivity contribution < 1.29 is 14.5 Å². The van der Waals surface area contributed by atoms with Crippen molar-refractivity contribution in [1.29, 1.82) is 0 Å². The number of oxime groups is 1. The lowest BCUT2D eigenvalue weighted by Gasteiger charge is -2.22. The SMILES string of the molecule is NC1=NOC(=O)ON1c1cccc(Cl)c1. The third-order valence-corrected chi connectivity index (χ3v) is 1.87. The van der Waals surface area contributed by atoms with Crippen LogP contribution in [0.3, 0.4) is 0 Å².